The van der Waals surface area contributed by atoms with Crippen LogP contribution in [-0.2, 0) is 0 Å². The van der Waals surface area contributed by atoms with E-state index in [0.717, 1.165) is 0 Å². The molecule has 88 valence electrons. The molecule has 0 unspecified atom stereocenters. The van der Waals surface area contributed by atoms with Gasteiger partial charge in [0.05, 0.1) is 7.11 Å². The topological polar surface area (TPSA) is 74.7 Å². The predicted octanol–water partition coefficient (Wildman–Crippen LogP) is 2.09. The van der Waals surface area contributed by atoms with Crippen LogP contribution in [0.15, 0.2) is 40.8 Å². The van der Waals surface area contributed by atoms with E-state index in [0.29, 0.717) is 11.5 Å². The van der Waals surface area contributed by atoms with Gasteiger partial charge >= 0.3 is 5.97 Å². The lowest BCUT2D eigenvalue weighted by Crippen LogP contribution is -2.07. The molecule has 5 nitrogen and oxygen atoms in total. The summed E-state index contributed by atoms with van der Waals surface area (Å²) in [5.41, 5.74) is 5.36. The van der Waals surface area contributed by atoms with E-state index in [-0.39, 0.29) is 11.6 Å². The molecule has 1 aromatic heterocycles. The van der Waals surface area contributed by atoms with E-state index in [1.807, 2.05) is 0 Å². The van der Waals surface area contributed by atoms with Gasteiger partial charge in [-0.25, -0.2) is 4.79 Å². The number of carbonyl (C=O) groups is 1. The molecule has 0 aliphatic heterocycles. The molecular weight excluding hydrogens is 222 g/mol. The third-order valence-corrected chi connectivity index (χ3v) is 2.10. The Bertz CT molecular complexity index is 516. The maximum atomic E-state index is 11.6. The molecular formula is C12H11NO4. The first kappa shape index (κ1) is 11.1. The minimum atomic E-state index is -0.591. The molecule has 0 atom stereocenters. The van der Waals surface area contributed by atoms with E-state index < -0.39 is 5.97 Å². The fourth-order valence-corrected chi connectivity index (χ4v) is 1.26. The van der Waals surface area contributed by atoms with Gasteiger partial charge in [0.15, 0.2) is 5.88 Å². The standard InChI is InChI=1S/C12H11NO4/c1-15-8-2-4-9(5-3-8)16-12(14)10-6-7-11(13)17-10/h2-7H,13H2,1H3. The van der Waals surface area contributed by atoms with E-state index in [4.69, 9.17) is 19.6 Å². The van der Waals surface area contributed by atoms with Crippen LogP contribution in [0.25, 0.3) is 0 Å². The van der Waals surface area contributed by atoms with Crippen molar-refractivity contribution in [2.75, 3.05) is 12.8 Å². The van der Waals surface area contributed by atoms with Gasteiger partial charge in [0.25, 0.3) is 0 Å². The lowest BCUT2D eigenvalue weighted by atomic mass is 10.3. The van der Waals surface area contributed by atoms with Crippen LogP contribution in [-0.4, -0.2) is 13.1 Å². The fraction of sp³-hybridized carbons (Fsp3) is 0.0833. The molecule has 0 spiro atoms. The Morgan fingerprint density at radius 3 is 2.29 bits per heavy atom. The van der Waals surface area contributed by atoms with Crippen molar-refractivity contribution >= 4 is 11.9 Å². The van der Waals surface area contributed by atoms with Crippen molar-refractivity contribution in [2.45, 2.75) is 0 Å². The zero-order valence-corrected chi connectivity index (χ0v) is 9.17. The van der Waals surface area contributed by atoms with Crippen molar-refractivity contribution < 1.29 is 18.7 Å². The first-order valence-electron chi connectivity index (χ1n) is 4.90. The summed E-state index contributed by atoms with van der Waals surface area (Å²) < 4.78 is 15.0. The highest BCUT2D eigenvalue weighted by Gasteiger charge is 2.12. The quantitative estimate of drug-likeness (QED) is 0.649. The summed E-state index contributed by atoms with van der Waals surface area (Å²) in [4.78, 5) is 11.6. The summed E-state index contributed by atoms with van der Waals surface area (Å²) in [6, 6.07) is 9.59. The zero-order chi connectivity index (χ0) is 12.3. The number of methoxy groups -OCH3 is 1. The van der Waals surface area contributed by atoms with Crippen LogP contribution in [0, 0.1) is 0 Å². The Morgan fingerprint density at radius 2 is 1.76 bits per heavy atom. The van der Waals surface area contributed by atoms with Gasteiger partial charge in [-0.1, -0.05) is 0 Å². The lowest BCUT2D eigenvalue weighted by molar-refractivity contribution is 0.0702. The highest BCUT2D eigenvalue weighted by Crippen LogP contribution is 2.19. The number of nitrogens with two attached hydrogens (primary N) is 1. The molecule has 0 fully saturated rings. The van der Waals surface area contributed by atoms with Crippen LogP contribution in [0.5, 0.6) is 11.5 Å². The van der Waals surface area contributed by atoms with Crippen molar-refractivity contribution in [3.63, 3.8) is 0 Å². The molecule has 0 aliphatic carbocycles. The summed E-state index contributed by atoms with van der Waals surface area (Å²) >= 11 is 0. The number of ether oxygens (including phenoxy) is 2. The van der Waals surface area contributed by atoms with Gasteiger partial charge in [-0.2, -0.15) is 0 Å². The van der Waals surface area contributed by atoms with E-state index in [9.17, 15) is 4.79 Å². The summed E-state index contributed by atoms with van der Waals surface area (Å²) in [6.07, 6.45) is 0. The molecule has 0 saturated heterocycles. The highest BCUT2D eigenvalue weighted by atomic mass is 16.5. The lowest BCUT2D eigenvalue weighted by Gasteiger charge is -2.03. The molecule has 2 N–H and O–H groups in total. The van der Waals surface area contributed by atoms with Crippen LogP contribution in [0.1, 0.15) is 10.6 Å². The Kier molecular flexibility index (Phi) is 3.00. The predicted molar refractivity (Wildman–Crippen MR) is 61.1 cm³/mol. The average molecular weight is 233 g/mol. The Balaban J connectivity index is 2.07. The van der Waals surface area contributed by atoms with Gasteiger partial charge in [0.2, 0.25) is 5.76 Å². The number of carbonyl (C=O) groups excluding carboxylic acids is 1. The summed E-state index contributed by atoms with van der Waals surface area (Å²) in [5.74, 6) is 0.745. The summed E-state index contributed by atoms with van der Waals surface area (Å²) in [5, 5.41) is 0. The van der Waals surface area contributed by atoms with E-state index in [1.54, 1.807) is 31.4 Å². The largest absolute Gasteiger partial charge is 0.497 e. The normalized spacial score (nSPS) is 9.94. The minimum Gasteiger partial charge on any atom is -0.497 e. The second-order valence-corrected chi connectivity index (χ2v) is 3.27. The number of hydrogen-bond donors (Lipinski definition) is 1. The molecule has 0 radical (unpaired) electrons. The smallest absolute Gasteiger partial charge is 0.379 e. The molecule has 2 aromatic rings. The number of hydrogen-bond acceptors (Lipinski definition) is 5. The third-order valence-electron chi connectivity index (χ3n) is 2.10. The van der Waals surface area contributed by atoms with Crippen molar-refractivity contribution in [1.29, 1.82) is 0 Å². The van der Waals surface area contributed by atoms with Gasteiger partial charge in [0, 0.05) is 6.07 Å². The Hall–Kier alpha value is -2.43. The fourth-order valence-electron chi connectivity index (χ4n) is 1.26. The molecule has 1 heterocycles. The average Bonchev–Trinajstić information content (AvgIpc) is 2.77. The highest BCUT2D eigenvalue weighted by molar-refractivity contribution is 5.88. The number of anilines is 1. The van der Waals surface area contributed by atoms with E-state index >= 15 is 0 Å². The SMILES string of the molecule is COc1ccc(OC(=O)c2ccc(N)o2)cc1. The van der Waals surface area contributed by atoms with Gasteiger partial charge in [-0.05, 0) is 30.3 Å². The van der Waals surface area contributed by atoms with E-state index in [2.05, 4.69) is 0 Å². The van der Waals surface area contributed by atoms with Crippen LogP contribution in [0.4, 0.5) is 5.88 Å². The van der Waals surface area contributed by atoms with Crippen LogP contribution in [0.2, 0.25) is 0 Å². The third kappa shape index (κ3) is 2.57. The van der Waals surface area contributed by atoms with Gasteiger partial charge < -0.3 is 19.6 Å². The molecule has 0 amide bonds. The Morgan fingerprint density at radius 1 is 1.12 bits per heavy atom. The Labute approximate surface area is 97.7 Å². The minimum absolute atomic E-state index is 0.0679. The maximum absolute atomic E-state index is 11.6. The van der Waals surface area contributed by atoms with Crippen LogP contribution >= 0.6 is 0 Å². The van der Waals surface area contributed by atoms with Gasteiger partial charge in [-0.15, -0.1) is 0 Å². The van der Waals surface area contributed by atoms with Crippen molar-refractivity contribution in [3.05, 3.63) is 42.2 Å². The van der Waals surface area contributed by atoms with Crippen molar-refractivity contribution in [1.82, 2.24) is 0 Å². The molecule has 1 aromatic carbocycles. The van der Waals surface area contributed by atoms with Crippen molar-refractivity contribution in [2.24, 2.45) is 0 Å². The van der Waals surface area contributed by atoms with Crippen molar-refractivity contribution in [3.8, 4) is 11.5 Å². The van der Waals surface area contributed by atoms with E-state index in [1.165, 1.54) is 12.1 Å². The molecule has 17 heavy (non-hydrogen) atoms. The molecule has 0 saturated carbocycles. The summed E-state index contributed by atoms with van der Waals surface area (Å²) in [6.45, 7) is 0. The molecule has 2 rings (SSSR count). The van der Waals surface area contributed by atoms with Crippen LogP contribution < -0.4 is 15.2 Å². The van der Waals surface area contributed by atoms with Crippen LogP contribution in [0.3, 0.4) is 0 Å². The number of rotatable bonds is 3. The molecule has 0 bridgehead atoms. The monoisotopic (exact) mass is 233 g/mol. The second kappa shape index (κ2) is 4.61. The summed E-state index contributed by atoms with van der Waals surface area (Å²) in [7, 11) is 1.56. The van der Waals surface area contributed by atoms with Gasteiger partial charge in [0.1, 0.15) is 11.5 Å². The maximum Gasteiger partial charge on any atom is 0.379 e. The first-order chi connectivity index (χ1) is 8.19. The second-order valence-electron chi connectivity index (χ2n) is 3.27. The zero-order valence-electron chi connectivity index (χ0n) is 9.17. The number of furan rings is 1. The molecule has 5 heteroatoms. The number of benzene rings is 1. The molecule has 0 aliphatic rings. The van der Waals surface area contributed by atoms with Gasteiger partial charge in [-0.3, -0.25) is 0 Å². The number of nitrogen functional groups attached to an aromatic ring is 1. The number of esters is 1. The first-order valence-corrected chi connectivity index (χ1v) is 4.90.